The number of carbonyl (C=O) groups is 2. The fraction of sp³-hybridized carbons (Fsp3) is 0.300. The monoisotopic (exact) mass is 340 g/mol. The molecule has 1 aliphatic rings. The van der Waals surface area contributed by atoms with Gasteiger partial charge in [-0.1, -0.05) is 36.4 Å². The maximum absolute atomic E-state index is 12.5. The molecule has 0 spiro atoms. The first kappa shape index (κ1) is 17.2. The molecule has 2 aromatic carbocycles. The zero-order valence-corrected chi connectivity index (χ0v) is 14.2. The van der Waals surface area contributed by atoms with Gasteiger partial charge in [0.25, 0.3) is 0 Å². The quantitative estimate of drug-likeness (QED) is 0.684. The molecule has 0 amide bonds. The van der Waals surface area contributed by atoms with Crippen LogP contribution >= 0.6 is 0 Å². The Kier molecular flexibility index (Phi) is 4.59. The molecule has 25 heavy (non-hydrogen) atoms. The molecule has 3 rings (SSSR count). The van der Waals surface area contributed by atoms with Crippen molar-refractivity contribution in [2.45, 2.75) is 25.9 Å². The van der Waals surface area contributed by atoms with E-state index in [-0.39, 0.29) is 19.6 Å². The van der Waals surface area contributed by atoms with E-state index in [9.17, 15) is 14.7 Å². The summed E-state index contributed by atoms with van der Waals surface area (Å²) in [5, 5.41) is 12.9. The lowest BCUT2D eigenvalue weighted by molar-refractivity contribution is -0.165. The lowest BCUT2D eigenvalue weighted by Gasteiger charge is -2.22. The Morgan fingerprint density at radius 1 is 1.12 bits per heavy atom. The molecule has 130 valence electrons. The van der Waals surface area contributed by atoms with Crippen LogP contribution in [0.4, 0.5) is 0 Å². The van der Waals surface area contributed by atoms with Gasteiger partial charge in [-0.25, -0.2) is 9.59 Å². The van der Waals surface area contributed by atoms with E-state index in [4.69, 9.17) is 9.47 Å². The summed E-state index contributed by atoms with van der Waals surface area (Å²) in [5.74, 6) is -1.20. The molecule has 0 fully saturated rings. The second kappa shape index (κ2) is 6.69. The molecular formula is C20H20O5. The normalized spacial score (nSPS) is 20.5. The average molecular weight is 340 g/mol. The minimum absolute atomic E-state index is 0.0199. The maximum Gasteiger partial charge on any atom is 0.343 e. The molecule has 1 aliphatic carbocycles. The number of ether oxygens (including phenoxy) is 2. The molecule has 0 saturated carbocycles. The zero-order valence-electron chi connectivity index (χ0n) is 14.2. The standard InChI is InChI=1S/C20H20O5/c1-3-24-17(21)11-14-12-20(23,19(22)25-4-2)18-15-8-6-5-7-13(15)9-10-16(14)18/h5-11,23H,3-4,12H2,1-2H3/b14-11+. The zero-order chi connectivity index (χ0) is 18.0. The summed E-state index contributed by atoms with van der Waals surface area (Å²) >= 11 is 0. The van der Waals surface area contributed by atoms with Crippen molar-refractivity contribution in [2.75, 3.05) is 13.2 Å². The summed E-state index contributed by atoms with van der Waals surface area (Å²) < 4.78 is 10.1. The van der Waals surface area contributed by atoms with Crippen molar-refractivity contribution in [3.05, 3.63) is 53.6 Å². The number of esters is 2. The molecule has 0 heterocycles. The van der Waals surface area contributed by atoms with Gasteiger partial charge in [0, 0.05) is 18.1 Å². The molecular weight excluding hydrogens is 320 g/mol. The number of carbonyl (C=O) groups excluding carboxylic acids is 2. The van der Waals surface area contributed by atoms with E-state index < -0.39 is 17.5 Å². The molecule has 5 nitrogen and oxygen atoms in total. The second-order valence-electron chi connectivity index (χ2n) is 5.89. The van der Waals surface area contributed by atoms with Gasteiger partial charge in [0.05, 0.1) is 13.2 Å². The topological polar surface area (TPSA) is 72.8 Å². The Morgan fingerprint density at radius 3 is 2.56 bits per heavy atom. The minimum atomic E-state index is -1.81. The smallest absolute Gasteiger partial charge is 0.343 e. The van der Waals surface area contributed by atoms with E-state index in [1.54, 1.807) is 13.8 Å². The number of aliphatic hydroxyl groups is 1. The van der Waals surface area contributed by atoms with Crippen LogP contribution in [0.2, 0.25) is 0 Å². The second-order valence-corrected chi connectivity index (χ2v) is 5.89. The Morgan fingerprint density at radius 2 is 1.84 bits per heavy atom. The van der Waals surface area contributed by atoms with E-state index >= 15 is 0 Å². The molecule has 0 radical (unpaired) electrons. The van der Waals surface area contributed by atoms with E-state index in [1.807, 2.05) is 36.4 Å². The highest BCUT2D eigenvalue weighted by Crippen LogP contribution is 2.48. The van der Waals surface area contributed by atoms with Crippen LogP contribution in [0.1, 0.15) is 31.4 Å². The third-order valence-corrected chi connectivity index (χ3v) is 4.33. The van der Waals surface area contributed by atoms with Crippen molar-refractivity contribution in [2.24, 2.45) is 0 Å². The lowest BCUT2D eigenvalue weighted by atomic mass is 9.91. The third-order valence-electron chi connectivity index (χ3n) is 4.33. The number of benzene rings is 2. The van der Waals surface area contributed by atoms with Gasteiger partial charge in [0.2, 0.25) is 0 Å². The van der Waals surface area contributed by atoms with Crippen molar-refractivity contribution >= 4 is 28.3 Å². The van der Waals surface area contributed by atoms with Gasteiger partial charge in [-0.05, 0) is 35.8 Å². The largest absolute Gasteiger partial charge is 0.464 e. The van der Waals surface area contributed by atoms with Crippen LogP contribution < -0.4 is 0 Å². The summed E-state index contributed by atoms with van der Waals surface area (Å²) in [6.07, 6.45) is 1.32. The summed E-state index contributed by atoms with van der Waals surface area (Å²) in [6, 6.07) is 11.2. The molecule has 0 aromatic heterocycles. The number of hydrogen-bond acceptors (Lipinski definition) is 5. The van der Waals surface area contributed by atoms with Crippen molar-refractivity contribution in [1.29, 1.82) is 0 Å². The van der Waals surface area contributed by atoms with Crippen LogP contribution in [-0.2, 0) is 24.7 Å². The molecule has 1 atom stereocenters. The van der Waals surface area contributed by atoms with Crippen LogP contribution in [0.15, 0.2) is 42.5 Å². The van der Waals surface area contributed by atoms with Crippen molar-refractivity contribution in [3.8, 4) is 0 Å². The van der Waals surface area contributed by atoms with Gasteiger partial charge in [0.1, 0.15) is 0 Å². The van der Waals surface area contributed by atoms with Gasteiger partial charge in [-0.2, -0.15) is 0 Å². The number of rotatable bonds is 4. The van der Waals surface area contributed by atoms with Gasteiger partial charge >= 0.3 is 11.9 Å². The fourth-order valence-corrected chi connectivity index (χ4v) is 3.32. The summed E-state index contributed by atoms with van der Waals surface area (Å²) in [6.45, 7) is 3.84. The first-order chi connectivity index (χ1) is 12.0. The van der Waals surface area contributed by atoms with E-state index in [1.165, 1.54) is 6.08 Å². The molecule has 5 heteroatoms. The van der Waals surface area contributed by atoms with Gasteiger partial charge in [-0.15, -0.1) is 0 Å². The molecule has 0 aliphatic heterocycles. The summed E-state index contributed by atoms with van der Waals surface area (Å²) in [5.41, 5.74) is -0.0958. The number of fused-ring (bicyclic) bond motifs is 3. The van der Waals surface area contributed by atoms with Gasteiger partial charge in [0.15, 0.2) is 5.60 Å². The molecule has 0 saturated heterocycles. The van der Waals surface area contributed by atoms with E-state index in [0.29, 0.717) is 16.7 Å². The van der Waals surface area contributed by atoms with Crippen molar-refractivity contribution in [1.82, 2.24) is 0 Å². The molecule has 1 N–H and O–H groups in total. The third kappa shape index (κ3) is 2.91. The first-order valence-corrected chi connectivity index (χ1v) is 8.30. The Labute approximate surface area is 145 Å². The molecule has 0 bridgehead atoms. The Hall–Kier alpha value is -2.66. The summed E-state index contributed by atoms with van der Waals surface area (Å²) in [7, 11) is 0. The van der Waals surface area contributed by atoms with Gasteiger partial charge in [-0.3, -0.25) is 0 Å². The van der Waals surface area contributed by atoms with Crippen LogP contribution in [0.5, 0.6) is 0 Å². The van der Waals surface area contributed by atoms with Gasteiger partial charge < -0.3 is 14.6 Å². The van der Waals surface area contributed by atoms with E-state index in [2.05, 4.69) is 0 Å². The van der Waals surface area contributed by atoms with Crippen molar-refractivity contribution < 1.29 is 24.2 Å². The maximum atomic E-state index is 12.5. The number of hydrogen-bond donors (Lipinski definition) is 1. The Bertz CT molecular complexity index is 868. The van der Waals surface area contributed by atoms with Crippen LogP contribution in [-0.4, -0.2) is 30.3 Å². The van der Waals surface area contributed by atoms with Crippen molar-refractivity contribution in [3.63, 3.8) is 0 Å². The Balaban J connectivity index is 2.22. The lowest BCUT2D eigenvalue weighted by Crippen LogP contribution is -2.35. The van der Waals surface area contributed by atoms with Crippen LogP contribution in [0.3, 0.4) is 0 Å². The highest BCUT2D eigenvalue weighted by Gasteiger charge is 2.48. The SMILES string of the molecule is CCOC(=O)/C=C1\CC(O)(C(=O)OCC)c2c1ccc1ccccc21. The molecule has 1 unspecified atom stereocenters. The van der Waals surface area contributed by atoms with Crippen LogP contribution in [0, 0.1) is 0 Å². The highest BCUT2D eigenvalue weighted by atomic mass is 16.5. The minimum Gasteiger partial charge on any atom is -0.464 e. The predicted molar refractivity (Wildman–Crippen MR) is 93.7 cm³/mol. The van der Waals surface area contributed by atoms with E-state index in [0.717, 1.165) is 10.8 Å². The first-order valence-electron chi connectivity index (χ1n) is 8.30. The summed E-state index contributed by atoms with van der Waals surface area (Å²) in [4.78, 5) is 24.4. The highest BCUT2D eigenvalue weighted by molar-refractivity contribution is 6.03. The fourth-order valence-electron chi connectivity index (χ4n) is 3.32. The molecule has 2 aromatic rings. The predicted octanol–water partition coefficient (Wildman–Crippen LogP) is 2.94. The average Bonchev–Trinajstić information content (AvgIpc) is 2.89. The van der Waals surface area contributed by atoms with Crippen LogP contribution in [0.25, 0.3) is 16.3 Å².